The topological polar surface area (TPSA) is 36.0 Å². The number of nitrogens with one attached hydrogen (secondary N) is 1. The maximum absolute atomic E-state index is 13.0. The fourth-order valence-corrected chi connectivity index (χ4v) is 1.31. The zero-order valence-electron chi connectivity index (χ0n) is 6.34. The molecule has 1 heterocycles. The average Bonchev–Trinajstić information content (AvgIpc) is 2.54. The van der Waals surface area contributed by atoms with Crippen molar-refractivity contribution < 1.29 is 9.50 Å². The van der Waals surface area contributed by atoms with Crippen LogP contribution in [0, 0.1) is 5.82 Å². The van der Waals surface area contributed by atoms with Crippen molar-refractivity contribution in [3.8, 4) is 0 Å². The molecule has 0 bridgehead atoms. The van der Waals surface area contributed by atoms with Gasteiger partial charge in [-0.3, -0.25) is 0 Å². The Morgan fingerprint density at radius 1 is 1.33 bits per heavy atom. The third-order valence-electron chi connectivity index (χ3n) is 1.93. The van der Waals surface area contributed by atoms with Crippen LogP contribution >= 0.6 is 0 Å². The van der Waals surface area contributed by atoms with E-state index in [1.807, 2.05) is 0 Å². The summed E-state index contributed by atoms with van der Waals surface area (Å²) in [4.78, 5) is 2.88. The highest BCUT2D eigenvalue weighted by atomic mass is 19.1. The van der Waals surface area contributed by atoms with Gasteiger partial charge in [0.25, 0.3) is 0 Å². The third kappa shape index (κ3) is 0.905. The van der Waals surface area contributed by atoms with E-state index in [9.17, 15) is 4.39 Å². The monoisotopic (exact) mass is 165 g/mol. The van der Waals surface area contributed by atoms with Crippen molar-refractivity contribution in [2.45, 2.75) is 6.61 Å². The van der Waals surface area contributed by atoms with E-state index in [0.717, 1.165) is 5.56 Å². The molecule has 2 N–H and O–H groups in total. The largest absolute Gasteiger partial charge is 0.392 e. The molecule has 3 heteroatoms. The quantitative estimate of drug-likeness (QED) is 0.664. The van der Waals surface area contributed by atoms with Gasteiger partial charge >= 0.3 is 0 Å². The molecule has 0 aliphatic heterocycles. The highest BCUT2D eigenvalue weighted by molar-refractivity contribution is 5.83. The van der Waals surface area contributed by atoms with Gasteiger partial charge < -0.3 is 10.1 Å². The summed E-state index contributed by atoms with van der Waals surface area (Å²) in [6, 6.07) is 4.60. The van der Waals surface area contributed by atoms with Crippen molar-refractivity contribution >= 4 is 10.9 Å². The van der Waals surface area contributed by atoms with Crippen LogP contribution in [-0.4, -0.2) is 10.1 Å². The molecule has 0 radical (unpaired) electrons. The van der Waals surface area contributed by atoms with Crippen LogP contribution in [0.1, 0.15) is 5.56 Å². The van der Waals surface area contributed by atoms with E-state index in [1.165, 1.54) is 6.07 Å². The molecule has 0 saturated carbocycles. The number of benzene rings is 1. The molecule has 0 spiro atoms. The molecular weight excluding hydrogens is 157 g/mol. The molecule has 2 rings (SSSR count). The second kappa shape index (κ2) is 2.60. The maximum Gasteiger partial charge on any atom is 0.132 e. The summed E-state index contributed by atoms with van der Waals surface area (Å²) in [5.74, 6) is -0.261. The number of aromatic nitrogens is 1. The van der Waals surface area contributed by atoms with Crippen LogP contribution in [0.25, 0.3) is 10.9 Å². The molecule has 12 heavy (non-hydrogen) atoms. The van der Waals surface area contributed by atoms with E-state index in [0.29, 0.717) is 10.9 Å². The van der Waals surface area contributed by atoms with Crippen molar-refractivity contribution in [2.75, 3.05) is 0 Å². The van der Waals surface area contributed by atoms with E-state index in [4.69, 9.17) is 5.11 Å². The van der Waals surface area contributed by atoms with Crippen LogP contribution in [-0.2, 0) is 6.61 Å². The Balaban J connectivity index is 2.82. The first kappa shape index (κ1) is 7.31. The van der Waals surface area contributed by atoms with E-state index in [1.54, 1.807) is 18.3 Å². The molecule has 0 fully saturated rings. The molecule has 0 unspecified atom stereocenters. The molecular formula is C9H8FNO. The Bertz CT molecular complexity index is 408. The number of aliphatic hydroxyl groups excluding tert-OH is 1. The molecule has 1 aromatic carbocycles. The average molecular weight is 165 g/mol. The van der Waals surface area contributed by atoms with Gasteiger partial charge in [0.05, 0.1) is 12.1 Å². The Hall–Kier alpha value is -1.35. The van der Waals surface area contributed by atoms with Crippen LogP contribution in [0.2, 0.25) is 0 Å². The molecule has 1 aromatic heterocycles. The molecule has 0 amide bonds. The molecule has 0 aliphatic rings. The fraction of sp³-hybridized carbons (Fsp3) is 0.111. The fourth-order valence-electron chi connectivity index (χ4n) is 1.31. The number of halogens is 1. The van der Waals surface area contributed by atoms with Crippen molar-refractivity contribution in [1.29, 1.82) is 0 Å². The summed E-state index contributed by atoms with van der Waals surface area (Å²) >= 11 is 0. The summed E-state index contributed by atoms with van der Waals surface area (Å²) in [7, 11) is 0. The Morgan fingerprint density at radius 2 is 2.17 bits per heavy atom. The first-order valence-electron chi connectivity index (χ1n) is 3.68. The molecule has 62 valence electrons. The normalized spacial score (nSPS) is 10.8. The van der Waals surface area contributed by atoms with Gasteiger partial charge in [0.15, 0.2) is 0 Å². The lowest BCUT2D eigenvalue weighted by molar-refractivity contribution is 0.283. The predicted octanol–water partition coefficient (Wildman–Crippen LogP) is 1.80. The zero-order valence-corrected chi connectivity index (χ0v) is 6.34. The van der Waals surface area contributed by atoms with Gasteiger partial charge in [0.1, 0.15) is 5.82 Å². The number of hydrogen-bond donors (Lipinski definition) is 2. The zero-order chi connectivity index (χ0) is 8.55. The van der Waals surface area contributed by atoms with Crippen molar-refractivity contribution in [1.82, 2.24) is 4.98 Å². The highest BCUT2D eigenvalue weighted by Gasteiger charge is 2.04. The maximum atomic E-state index is 13.0. The van der Waals surface area contributed by atoms with Gasteiger partial charge in [-0.15, -0.1) is 0 Å². The lowest BCUT2D eigenvalue weighted by atomic mass is 10.1. The SMILES string of the molecule is OCc1ccc(F)c2cc[nH]c12. The first-order valence-corrected chi connectivity index (χ1v) is 3.68. The minimum absolute atomic E-state index is 0.0721. The Morgan fingerprint density at radius 3 is 2.92 bits per heavy atom. The van der Waals surface area contributed by atoms with Crippen molar-refractivity contribution in [2.24, 2.45) is 0 Å². The number of aromatic amines is 1. The summed E-state index contributed by atoms with van der Waals surface area (Å²) in [5.41, 5.74) is 1.40. The summed E-state index contributed by atoms with van der Waals surface area (Å²) in [6.07, 6.45) is 1.66. The van der Waals surface area contributed by atoms with Gasteiger partial charge in [0, 0.05) is 17.1 Å². The summed E-state index contributed by atoms with van der Waals surface area (Å²) in [5, 5.41) is 9.43. The van der Waals surface area contributed by atoms with E-state index < -0.39 is 0 Å². The second-order valence-corrected chi connectivity index (χ2v) is 2.63. The van der Waals surface area contributed by atoms with Crippen LogP contribution < -0.4 is 0 Å². The van der Waals surface area contributed by atoms with Gasteiger partial charge in [-0.05, 0) is 12.1 Å². The van der Waals surface area contributed by atoms with E-state index in [2.05, 4.69) is 4.98 Å². The minimum atomic E-state index is -0.261. The van der Waals surface area contributed by atoms with Gasteiger partial charge in [0.2, 0.25) is 0 Å². The molecule has 2 aromatic rings. The summed E-state index contributed by atoms with van der Waals surface area (Å²) in [6.45, 7) is -0.0721. The van der Waals surface area contributed by atoms with Crippen molar-refractivity contribution in [3.05, 3.63) is 35.8 Å². The van der Waals surface area contributed by atoms with E-state index in [-0.39, 0.29) is 12.4 Å². The van der Waals surface area contributed by atoms with Gasteiger partial charge in [-0.2, -0.15) is 0 Å². The number of fused-ring (bicyclic) bond motifs is 1. The number of hydrogen-bond acceptors (Lipinski definition) is 1. The van der Waals surface area contributed by atoms with E-state index >= 15 is 0 Å². The smallest absolute Gasteiger partial charge is 0.132 e. The standard InChI is InChI=1S/C9H8FNO/c10-8-2-1-6(5-12)9-7(8)3-4-11-9/h1-4,11-12H,5H2. The van der Waals surface area contributed by atoms with Gasteiger partial charge in [-0.1, -0.05) is 6.07 Å². The predicted molar refractivity (Wildman–Crippen MR) is 44.2 cm³/mol. The first-order chi connectivity index (χ1) is 5.83. The van der Waals surface area contributed by atoms with Crippen LogP contribution in [0.4, 0.5) is 4.39 Å². The highest BCUT2D eigenvalue weighted by Crippen LogP contribution is 2.20. The number of rotatable bonds is 1. The number of aliphatic hydroxyl groups is 1. The van der Waals surface area contributed by atoms with Gasteiger partial charge in [-0.25, -0.2) is 4.39 Å². The molecule has 2 nitrogen and oxygen atoms in total. The lowest BCUT2D eigenvalue weighted by Gasteiger charge is -1.98. The summed E-state index contributed by atoms with van der Waals surface area (Å²) < 4.78 is 13.0. The van der Waals surface area contributed by atoms with Crippen LogP contribution in [0.5, 0.6) is 0 Å². The Labute approximate surface area is 68.6 Å². The van der Waals surface area contributed by atoms with Crippen LogP contribution in [0.15, 0.2) is 24.4 Å². The number of H-pyrrole nitrogens is 1. The molecule has 0 saturated heterocycles. The molecule has 0 atom stereocenters. The Kier molecular flexibility index (Phi) is 1.59. The third-order valence-corrected chi connectivity index (χ3v) is 1.93. The van der Waals surface area contributed by atoms with Crippen molar-refractivity contribution in [3.63, 3.8) is 0 Å². The second-order valence-electron chi connectivity index (χ2n) is 2.63. The molecule has 0 aliphatic carbocycles. The minimum Gasteiger partial charge on any atom is -0.392 e. The van der Waals surface area contributed by atoms with Crippen LogP contribution in [0.3, 0.4) is 0 Å². The lowest BCUT2D eigenvalue weighted by Crippen LogP contribution is -1.86.